The Kier molecular flexibility index (Phi) is 3.55. The molecule has 1 aliphatic carbocycles. The van der Waals surface area contributed by atoms with E-state index in [0.29, 0.717) is 11.7 Å². The molecular weight excluding hydrogens is 226 g/mol. The van der Waals surface area contributed by atoms with E-state index in [0.717, 1.165) is 11.7 Å². The summed E-state index contributed by atoms with van der Waals surface area (Å²) in [4.78, 5) is 18.1. The van der Waals surface area contributed by atoms with Crippen molar-refractivity contribution in [3.63, 3.8) is 0 Å². The minimum absolute atomic E-state index is 0.0338. The van der Waals surface area contributed by atoms with Crippen molar-refractivity contribution in [1.82, 2.24) is 14.5 Å². The third-order valence-corrected chi connectivity index (χ3v) is 3.44. The van der Waals surface area contributed by atoms with Crippen molar-refractivity contribution in [2.45, 2.75) is 32.7 Å². The quantitative estimate of drug-likeness (QED) is 0.592. The summed E-state index contributed by atoms with van der Waals surface area (Å²) in [7, 11) is 3.78. The highest BCUT2D eigenvalue weighted by Crippen LogP contribution is 2.39. The number of aromatic nitrogens is 2. The third-order valence-electron chi connectivity index (χ3n) is 3.44. The Bertz CT molecular complexity index is 469. The summed E-state index contributed by atoms with van der Waals surface area (Å²) in [5.41, 5.74) is 0.540. The predicted molar refractivity (Wildman–Crippen MR) is 71.6 cm³/mol. The molecule has 1 saturated carbocycles. The van der Waals surface area contributed by atoms with E-state index >= 15 is 0 Å². The maximum atomic E-state index is 11.9. The zero-order chi connectivity index (χ0) is 13.3. The van der Waals surface area contributed by atoms with Gasteiger partial charge in [-0.15, -0.1) is 0 Å². The number of ketones is 1. The molecule has 0 saturated heterocycles. The molecule has 0 aromatic carbocycles. The van der Waals surface area contributed by atoms with Crippen LogP contribution < -0.4 is 0 Å². The average molecular weight is 247 g/mol. The van der Waals surface area contributed by atoms with Crippen LogP contribution in [0.5, 0.6) is 0 Å². The van der Waals surface area contributed by atoms with Crippen LogP contribution in [-0.4, -0.2) is 34.3 Å². The molecule has 4 heteroatoms. The number of hydrogen-bond donors (Lipinski definition) is 0. The monoisotopic (exact) mass is 247 g/mol. The van der Waals surface area contributed by atoms with Crippen molar-refractivity contribution in [2.75, 3.05) is 14.1 Å². The molecule has 0 radical (unpaired) electrons. The molecule has 18 heavy (non-hydrogen) atoms. The van der Waals surface area contributed by atoms with Crippen LogP contribution in [0.2, 0.25) is 0 Å². The first-order valence-corrected chi connectivity index (χ1v) is 6.43. The molecule has 1 heterocycles. The largest absolute Gasteiger partial charge is 0.383 e. The van der Waals surface area contributed by atoms with Gasteiger partial charge in [-0.05, 0) is 32.6 Å². The van der Waals surface area contributed by atoms with E-state index in [4.69, 9.17) is 0 Å². The molecule has 98 valence electrons. The minimum atomic E-state index is -0.0338. The lowest BCUT2D eigenvalue weighted by molar-refractivity contribution is 0.104. The number of carbonyl (C=O) groups excluding carboxylic acids is 1. The van der Waals surface area contributed by atoms with Crippen LogP contribution in [-0.2, 0) is 0 Å². The van der Waals surface area contributed by atoms with Crippen molar-refractivity contribution in [3.8, 4) is 0 Å². The van der Waals surface area contributed by atoms with E-state index in [1.165, 1.54) is 12.8 Å². The van der Waals surface area contributed by atoms with Crippen LogP contribution >= 0.6 is 0 Å². The van der Waals surface area contributed by atoms with Crippen LogP contribution in [0.1, 0.15) is 42.1 Å². The van der Waals surface area contributed by atoms with Gasteiger partial charge in [0, 0.05) is 38.6 Å². The number of nitrogens with zero attached hydrogens (tertiary/aromatic N) is 3. The molecule has 0 amide bonds. The van der Waals surface area contributed by atoms with Crippen molar-refractivity contribution in [2.24, 2.45) is 5.92 Å². The molecule has 0 N–H and O–H groups in total. The SMILES string of the molecule is Cc1nc(C(=O)C=CN(C)C)cn1[C@@H](C)C1CC1. The second-order valence-corrected chi connectivity index (χ2v) is 5.30. The van der Waals surface area contributed by atoms with Gasteiger partial charge in [-0.3, -0.25) is 4.79 Å². The number of hydrogen-bond acceptors (Lipinski definition) is 3. The van der Waals surface area contributed by atoms with Crippen molar-refractivity contribution in [3.05, 3.63) is 30.0 Å². The summed E-state index contributed by atoms with van der Waals surface area (Å²) in [6.07, 6.45) is 7.79. The highest BCUT2D eigenvalue weighted by Gasteiger charge is 2.30. The Labute approximate surface area is 108 Å². The second-order valence-electron chi connectivity index (χ2n) is 5.30. The van der Waals surface area contributed by atoms with Crippen LogP contribution in [0.25, 0.3) is 0 Å². The summed E-state index contributed by atoms with van der Waals surface area (Å²) >= 11 is 0. The zero-order valence-electron chi connectivity index (χ0n) is 11.6. The van der Waals surface area contributed by atoms with E-state index in [9.17, 15) is 4.79 Å². The summed E-state index contributed by atoms with van der Waals surface area (Å²) < 4.78 is 2.13. The van der Waals surface area contributed by atoms with Crippen molar-refractivity contribution in [1.29, 1.82) is 0 Å². The van der Waals surface area contributed by atoms with Crippen LogP contribution in [0.15, 0.2) is 18.5 Å². The second kappa shape index (κ2) is 4.96. The standard InChI is InChI=1S/C14H21N3O/c1-10(12-5-6-12)17-9-13(15-11(17)2)14(18)7-8-16(3)4/h7-10,12H,5-6H2,1-4H3/t10-/m0/s1. The average Bonchev–Trinajstić information content (AvgIpc) is 3.08. The van der Waals surface area contributed by atoms with Gasteiger partial charge in [0.25, 0.3) is 0 Å². The Morgan fingerprint density at radius 3 is 2.78 bits per heavy atom. The van der Waals surface area contributed by atoms with Crippen LogP contribution in [0.3, 0.4) is 0 Å². The van der Waals surface area contributed by atoms with Gasteiger partial charge in [0.1, 0.15) is 11.5 Å². The molecule has 1 fully saturated rings. The molecular formula is C14H21N3O. The van der Waals surface area contributed by atoms with Gasteiger partial charge in [0.15, 0.2) is 0 Å². The molecule has 0 bridgehead atoms. The molecule has 4 nitrogen and oxygen atoms in total. The summed E-state index contributed by atoms with van der Waals surface area (Å²) in [5.74, 6) is 1.66. The molecule has 0 spiro atoms. The third kappa shape index (κ3) is 2.81. The molecule has 1 aromatic heterocycles. The minimum Gasteiger partial charge on any atom is -0.383 e. The number of imidazole rings is 1. The number of aryl methyl sites for hydroxylation is 1. The smallest absolute Gasteiger partial charge is 0.207 e. The van der Waals surface area contributed by atoms with Gasteiger partial charge in [-0.2, -0.15) is 0 Å². The Balaban J connectivity index is 2.15. The number of carbonyl (C=O) groups is 1. The Morgan fingerprint density at radius 2 is 2.22 bits per heavy atom. The fraction of sp³-hybridized carbons (Fsp3) is 0.571. The summed E-state index contributed by atoms with van der Waals surface area (Å²) in [6.45, 7) is 4.17. The highest BCUT2D eigenvalue weighted by atomic mass is 16.1. The van der Waals surface area contributed by atoms with Gasteiger partial charge in [0.05, 0.1) is 0 Å². The van der Waals surface area contributed by atoms with Crippen LogP contribution in [0.4, 0.5) is 0 Å². The first-order valence-electron chi connectivity index (χ1n) is 6.43. The molecule has 2 rings (SSSR count). The van der Waals surface area contributed by atoms with E-state index in [1.54, 1.807) is 12.3 Å². The van der Waals surface area contributed by atoms with E-state index in [2.05, 4.69) is 16.5 Å². The lowest BCUT2D eigenvalue weighted by Crippen LogP contribution is -2.07. The maximum Gasteiger partial charge on any atom is 0.207 e. The normalized spacial score (nSPS) is 17.1. The first-order chi connectivity index (χ1) is 8.49. The maximum absolute atomic E-state index is 11.9. The number of rotatable bonds is 5. The topological polar surface area (TPSA) is 38.1 Å². The Hall–Kier alpha value is -1.58. The van der Waals surface area contributed by atoms with E-state index in [1.807, 2.05) is 32.1 Å². The van der Waals surface area contributed by atoms with Crippen molar-refractivity contribution >= 4 is 5.78 Å². The Morgan fingerprint density at radius 1 is 1.56 bits per heavy atom. The molecule has 1 aromatic rings. The van der Waals surface area contributed by atoms with E-state index < -0.39 is 0 Å². The van der Waals surface area contributed by atoms with Gasteiger partial charge < -0.3 is 9.47 Å². The fourth-order valence-electron chi connectivity index (χ4n) is 2.12. The van der Waals surface area contributed by atoms with Gasteiger partial charge in [-0.25, -0.2) is 4.98 Å². The molecule has 0 unspecified atom stereocenters. The lowest BCUT2D eigenvalue weighted by atomic mass is 10.2. The molecule has 0 aliphatic heterocycles. The van der Waals surface area contributed by atoms with Crippen molar-refractivity contribution < 1.29 is 4.79 Å². The predicted octanol–water partition coefficient (Wildman–Crippen LogP) is 2.42. The van der Waals surface area contributed by atoms with Gasteiger partial charge >= 0.3 is 0 Å². The molecule has 1 aliphatic rings. The molecule has 1 atom stereocenters. The van der Waals surface area contributed by atoms with Crippen LogP contribution in [0, 0.1) is 12.8 Å². The van der Waals surface area contributed by atoms with Gasteiger partial charge in [0.2, 0.25) is 5.78 Å². The number of allylic oxidation sites excluding steroid dienone is 1. The lowest BCUT2D eigenvalue weighted by Gasteiger charge is -2.13. The first kappa shape index (κ1) is 12.9. The van der Waals surface area contributed by atoms with Gasteiger partial charge in [-0.1, -0.05) is 0 Å². The highest BCUT2D eigenvalue weighted by molar-refractivity contribution is 6.02. The summed E-state index contributed by atoms with van der Waals surface area (Å²) in [5, 5.41) is 0. The van der Waals surface area contributed by atoms with E-state index in [-0.39, 0.29) is 5.78 Å². The fourth-order valence-corrected chi connectivity index (χ4v) is 2.12. The zero-order valence-corrected chi connectivity index (χ0v) is 11.6. The summed E-state index contributed by atoms with van der Waals surface area (Å²) in [6, 6.07) is 0.455.